The number of rotatable bonds is 10. The molecular formula is C28H30N8. The predicted octanol–water partition coefficient (Wildman–Crippen LogP) is 4.88. The predicted molar refractivity (Wildman–Crippen MR) is 141 cm³/mol. The van der Waals surface area contributed by atoms with E-state index in [-0.39, 0.29) is 0 Å². The minimum Gasteiger partial charge on any atom is -0.399 e. The maximum absolute atomic E-state index is 5.84. The minimum atomic E-state index is 0.586. The van der Waals surface area contributed by atoms with Gasteiger partial charge in [0.1, 0.15) is 5.82 Å². The molecule has 5 aromatic rings. The molecule has 36 heavy (non-hydrogen) atoms. The van der Waals surface area contributed by atoms with Crippen molar-refractivity contribution in [2.45, 2.75) is 45.6 Å². The van der Waals surface area contributed by atoms with Gasteiger partial charge in [0.2, 0.25) is 5.82 Å². The van der Waals surface area contributed by atoms with E-state index in [0.717, 1.165) is 66.1 Å². The first-order chi connectivity index (χ1) is 17.7. The number of unbranched alkanes of at least 4 members (excludes halogenated alkanes) is 1. The highest BCUT2D eigenvalue weighted by atomic mass is 15.5. The van der Waals surface area contributed by atoms with Gasteiger partial charge >= 0.3 is 0 Å². The van der Waals surface area contributed by atoms with Crippen molar-refractivity contribution in [1.82, 2.24) is 35.4 Å². The molecular weight excluding hydrogens is 448 g/mol. The molecule has 3 N–H and O–H groups in total. The highest BCUT2D eigenvalue weighted by Crippen LogP contribution is 2.29. The Balaban J connectivity index is 1.35. The highest BCUT2D eigenvalue weighted by Gasteiger charge is 2.13. The van der Waals surface area contributed by atoms with Crippen LogP contribution in [0.1, 0.15) is 42.5 Å². The largest absolute Gasteiger partial charge is 0.399 e. The molecule has 0 aliphatic heterocycles. The van der Waals surface area contributed by atoms with Crippen molar-refractivity contribution >= 4 is 5.69 Å². The van der Waals surface area contributed by atoms with Crippen molar-refractivity contribution in [3.8, 4) is 22.5 Å². The van der Waals surface area contributed by atoms with Gasteiger partial charge in [-0.15, -0.1) is 10.2 Å². The lowest BCUT2D eigenvalue weighted by Gasteiger charge is -2.09. The van der Waals surface area contributed by atoms with Crippen LogP contribution in [0.2, 0.25) is 0 Å². The maximum atomic E-state index is 5.84. The zero-order chi connectivity index (χ0) is 24.7. The first-order valence-electron chi connectivity index (χ1n) is 12.4. The van der Waals surface area contributed by atoms with Crippen LogP contribution >= 0.6 is 0 Å². The Morgan fingerprint density at radius 3 is 2.31 bits per heavy atom. The smallest absolute Gasteiger partial charge is 0.205 e. The summed E-state index contributed by atoms with van der Waals surface area (Å²) in [5.41, 5.74) is 12.2. The number of nitrogens with zero attached hydrogens (tertiary/aromatic N) is 6. The van der Waals surface area contributed by atoms with Crippen molar-refractivity contribution in [1.29, 1.82) is 0 Å². The SMILES string of the molecule is CCCCc1nc(CCc2ccc(N)cc2)n(Cc2ccc(-c3ccccc3-c3nn[nH]n3)cc2)n1. The molecule has 2 heterocycles. The van der Waals surface area contributed by atoms with E-state index >= 15 is 0 Å². The van der Waals surface area contributed by atoms with Crippen LogP contribution in [0.15, 0.2) is 72.8 Å². The van der Waals surface area contributed by atoms with Crippen LogP contribution in [-0.4, -0.2) is 35.4 Å². The number of nitrogens with two attached hydrogens (primary N) is 1. The summed E-state index contributed by atoms with van der Waals surface area (Å²) in [6, 6.07) is 24.7. The number of tetrazole rings is 1. The second-order valence-electron chi connectivity index (χ2n) is 8.92. The van der Waals surface area contributed by atoms with Gasteiger partial charge in [0.15, 0.2) is 5.82 Å². The van der Waals surface area contributed by atoms with Crippen LogP contribution in [0.5, 0.6) is 0 Å². The van der Waals surface area contributed by atoms with Crippen LogP contribution in [-0.2, 0) is 25.8 Å². The lowest BCUT2D eigenvalue weighted by molar-refractivity contribution is 0.624. The summed E-state index contributed by atoms with van der Waals surface area (Å²) in [6.07, 6.45) is 4.86. The average Bonchev–Trinajstić information content (AvgIpc) is 3.58. The Hall–Kier alpha value is -4.33. The molecule has 0 bridgehead atoms. The fourth-order valence-electron chi connectivity index (χ4n) is 4.29. The molecule has 2 aromatic heterocycles. The molecule has 0 spiro atoms. The van der Waals surface area contributed by atoms with Gasteiger partial charge in [-0.2, -0.15) is 10.3 Å². The third kappa shape index (κ3) is 5.49. The van der Waals surface area contributed by atoms with Crippen LogP contribution in [0.3, 0.4) is 0 Å². The number of hydrogen-bond acceptors (Lipinski definition) is 6. The molecule has 0 fully saturated rings. The maximum Gasteiger partial charge on any atom is 0.205 e. The minimum absolute atomic E-state index is 0.586. The molecule has 0 atom stereocenters. The van der Waals surface area contributed by atoms with Crippen molar-refractivity contribution < 1.29 is 0 Å². The molecule has 0 saturated carbocycles. The van der Waals surface area contributed by atoms with Gasteiger partial charge in [-0.1, -0.05) is 74.0 Å². The van der Waals surface area contributed by atoms with Gasteiger partial charge in [0.05, 0.1) is 6.54 Å². The molecule has 0 radical (unpaired) electrons. The molecule has 0 unspecified atom stereocenters. The van der Waals surface area contributed by atoms with E-state index in [2.05, 4.69) is 74.7 Å². The Labute approximate surface area is 210 Å². The summed E-state index contributed by atoms with van der Waals surface area (Å²) in [5.74, 6) is 2.53. The molecule has 8 heteroatoms. The number of aromatic amines is 1. The molecule has 0 aliphatic rings. The summed E-state index contributed by atoms with van der Waals surface area (Å²) < 4.78 is 2.06. The Morgan fingerprint density at radius 2 is 1.58 bits per heavy atom. The topological polar surface area (TPSA) is 111 Å². The number of H-pyrrole nitrogens is 1. The lowest BCUT2D eigenvalue weighted by Crippen LogP contribution is -2.08. The number of nitrogens with one attached hydrogen (secondary N) is 1. The normalized spacial score (nSPS) is 11.1. The summed E-state index contributed by atoms with van der Waals surface area (Å²) in [5, 5.41) is 19.4. The lowest BCUT2D eigenvalue weighted by atomic mass is 9.98. The van der Waals surface area contributed by atoms with E-state index in [1.54, 1.807) is 0 Å². The molecule has 0 amide bonds. The molecule has 8 nitrogen and oxygen atoms in total. The van der Waals surface area contributed by atoms with E-state index in [1.165, 1.54) is 11.1 Å². The van der Waals surface area contributed by atoms with Crippen molar-refractivity contribution in [2.75, 3.05) is 5.73 Å². The standard InChI is InChI=1S/C28H30N8/c1-2-3-8-26-30-27(18-13-20-11-16-23(29)17-12-20)36(33-26)19-21-9-14-22(15-10-21)24-6-4-5-7-25(24)28-31-34-35-32-28/h4-7,9-12,14-17H,2-3,8,13,18-19,29H2,1H3,(H,31,32,34,35). The zero-order valence-corrected chi connectivity index (χ0v) is 20.4. The average molecular weight is 479 g/mol. The number of aryl methyl sites for hydroxylation is 3. The Bertz CT molecular complexity index is 1390. The number of anilines is 1. The monoisotopic (exact) mass is 478 g/mol. The molecule has 182 valence electrons. The van der Waals surface area contributed by atoms with Gasteiger partial charge in [0, 0.05) is 24.1 Å². The molecule has 0 aliphatic carbocycles. The van der Waals surface area contributed by atoms with Crippen LogP contribution < -0.4 is 5.73 Å². The van der Waals surface area contributed by atoms with Crippen LogP contribution in [0, 0.1) is 0 Å². The van der Waals surface area contributed by atoms with E-state index in [0.29, 0.717) is 12.4 Å². The molecule has 3 aromatic carbocycles. The number of benzene rings is 3. The summed E-state index contributed by atoms with van der Waals surface area (Å²) in [6.45, 7) is 2.88. The number of hydrogen-bond donors (Lipinski definition) is 2. The van der Waals surface area contributed by atoms with Gasteiger partial charge < -0.3 is 5.73 Å². The van der Waals surface area contributed by atoms with E-state index in [9.17, 15) is 0 Å². The zero-order valence-electron chi connectivity index (χ0n) is 20.4. The first kappa shape index (κ1) is 23.4. The summed E-state index contributed by atoms with van der Waals surface area (Å²) >= 11 is 0. The number of nitrogen functional groups attached to an aromatic ring is 1. The molecule has 5 rings (SSSR count). The highest BCUT2D eigenvalue weighted by molar-refractivity contribution is 5.80. The second kappa shape index (κ2) is 10.9. The van der Waals surface area contributed by atoms with Crippen LogP contribution in [0.4, 0.5) is 5.69 Å². The first-order valence-corrected chi connectivity index (χ1v) is 12.4. The van der Waals surface area contributed by atoms with Gasteiger partial charge in [-0.25, -0.2) is 9.67 Å². The quantitative estimate of drug-likeness (QED) is 0.277. The second-order valence-corrected chi connectivity index (χ2v) is 8.92. The van der Waals surface area contributed by atoms with Gasteiger partial charge in [-0.3, -0.25) is 0 Å². The van der Waals surface area contributed by atoms with Gasteiger partial charge in [-0.05, 0) is 52.4 Å². The van der Waals surface area contributed by atoms with Gasteiger partial charge in [0.25, 0.3) is 0 Å². The fraction of sp³-hybridized carbons (Fsp3) is 0.250. The third-order valence-electron chi connectivity index (χ3n) is 6.27. The number of aromatic nitrogens is 7. The van der Waals surface area contributed by atoms with Crippen molar-refractivity contribution in [3.05, 3.63) is 95.6 Å². The van der Waals surface area contributed by atoms with Crippen LogP contribution in [0.25, 0.3) is 22.5 Å². The summed E-state index contributed by atoms with van der Waals surface area (Å²) in [7, 11) is 0. The van der Waals surface area contributed by atoms with E-state index < -0.39 is 0 Å². The third-order valence-corrected chi connectivity index (χ3v) is 6.27. The summed E-state index contributed by atoms with van der Waals surface area (Å²) in [4.78, 5) is 4.89. The van der Waals surface area contributed by atoms with E-state index in [4.69, 9.17) is 15.8 Å². The van der Waals surface area contributed by atoms with Crippen molar-refractivity contribution in [2.24, 2.45) is 0 Å². The van der Waals surface area contributed by atoms with E-state index in [1.807, 2.05) is 30.3 Å². The van der Waals surface area contributed by atoms with Crippen molar-refractivity contribution in [3.63, 3.8) is 0 Å². The Kier molecular flexibility index (Phi) is 7.12. The fourth-order valence-corrected chi connectivity index (χ4v) is 4.29. The molecule has 0 saturated heterocycles. The Morgan fingerprint density at radius 1 is 0.833 bits per heavy atom.